The van der Waals surface area contributed by atoms with E-state index in [1.165, 1.54) is 0 Å². The number of anilines is 1. The van der Waals surface area contributed by atoms with Crippen LogP contribution in [0.3, 0.4) is 0 Å². The summed E-state index contributed by atoms with van der Waals surface area (Å²) in [6.07, 6.45) is 0. The van der Waals surface area contributed by atoms with Gasteiger partial charge >= 0.3 is 0 Å². The van der Waals surface area contributed by atoms with Gasteiger partial charge in [0.15, 0.2) is 0 Å². The number of hydrogen-bond acceptors (Lipinski definition) is 4. The van der Waals surface area contributed by atoms with Crippen molar-refractivity contribution in [1.82, 2.24) is 0 Å². The first-order chi connectivity index (χ1) is 12.4. The number of amides is 1. The quantitative estimate of drug-likeness (QED) is 0.759. The van der Waals surface area contributed by atoms with E-state index in [1.807, 2.05) is 25.1 Å². The molecular weight excluding hydrogens is 330 g/mol. The summed E-state index contributed by atoms with van der Waals surface area (Å²) < 4.78 is 16.4. The molecule has 0 atom stereocenters. The Balaban J connectivity index is 2.19. The van der Waals surface area contributed by atoms with E-state index in [-0.39, 0.29) is 5.91 Å². The number of ether oxygens (including phenoxy) is 3. The third kappa shape index (κ3) is 5.23. The van der Waals surface area contributed by atoms with Crippen molar-refractivity contribution in [2.45, 2.75) is 27.4 Å². The maximum absolute atomic E-state index is 12.7. The fourth-order valence-electron chi connectivity index (χ4n) is 2.55. The molecule has 0 aliphatic heterocycles. The van der Waals surface area contributed by atoms with E-state index in [4.69, 9.17) is 14.2 Å². The van der Waals surface area contributed by atoms with Gasteiger partial charge in [0.1, 0.15) is 11.5 Å². The summed E-state index contributed by atoms with van der Waals surface area (Å²) in [6.45, 7) is 7.20. The Hall–Kier alpha value is -2.53. The third-order valence-corrected chi connectivity index (χ3v) is 3.85. The Kier molecular flexibility index (Phi) is 7.04. The van der Waals surface area contributed by atoms with Crippen molar-refractivity contribution in [2.24, 2.45) is 5.92 Å². The minimum absolute atomic E-state index is 0.207. The molecule has 0 radical (unpaired) electrons. The van der Waals surface area contributed by atoms with Gasteiger partial charge in [0.2, 0.25) is 0 Å². The molecule has 5 nitrogen and oxygen atoms in total. The zero-order valence-corrected chi connectivity index (χ0v) is 16.1. The fraction of sp³-hybridized carbons (Fsp3) is 0.381. The molecule has 0 heterocycles. The Morgan fingerprint density at radius 3 is 2.38 bits per heavy atom. The van der Waals surface area contributed by atoms with E-state index in [1.54, 1.807) is 32.4 Å². The lowest BCUT2D eigenvalue weighted by molar-refractivity contribution is 0.0952. The monoisotopic (exact) mass is 357 g/mol. The van der Waals surface area contributed by atoms with Crippen molar-refractivity contribution >= 4 is 11.6 Å². The van der Waals surface area contributed by atoms with Gasteiger partial charge in [0, 0.05) is 17.7 Å². The number of nitrogens with one attached hydrogen (secondary N) is 1. The molecule has 2 aromatic rings. The largest absolute Gasteiger partial charge is 0.496 e. The molecule has 0 spiro atoms. The maximum Gasteiger partial charge on any atom is 0.255 e. The fourth-order valence-corrected chi connectivity index (χ4v) is 2.55. The van der Waals surface area contributed by atoms with Crippen LogP contribution in [-0.4, -0.2) is 26.7 Å². The topological polar surface area (TPSA) is 56.8 Å². The molecule has 0 saturated carbocycles. The summed E-state index contributed by atoms with van der Waals surface area (Å²) in [5.74, 6) is 1.57. The lowest BCUT2D eigenvalue weighted by Crippen LogP contribution is -2.13. The predicted octanol–water partition coefficient (Wildman–Crippen LogP) is 4.44. The van der Waals surface area contributed by atoms with Gasteiger partial charge in [-0.25, -0.2) is 0 Å². The minimum atomic E-state index is -0.207. The molecule has 5 heteroatoms. The second-order valence-electron chi connectivity index (χ2n) is 6.59. The number of carbonyl (C=O) groups excluding carboxylic acids is 1. The molecule has 140 valence electrons. The first-order valence-corrected chi connectivity index (χ1v) is 8.65. The Labute approximate surface area is 155 Å². The van der Waals surface area contributed by atoms with Gasteiger partial charge < -0.3 is 19.5 Å². The summed E-state index contributed by atoms with van der Waals surface area (Å²) in [5, 5.41) is 2.91. The van der Waals surface area contributed by atoms with Crippen molar-refractivity contribution in [3.63, 3.8) is 0 Å². The van der Waals surface area contributed by atoms with Gasteiger partial charge in [-0.2, -0.15) is 0 Å². The summed E-state index contributed by atoms with van der Waals surface area (Å²) in [6, 6.07) is 11.0. The van der Waals surface area contributed by atoms with Gasteiger partial charge in [-0.05, 0) is 48.7 Å². The molecule has 2 aromatic carbocycles. The van der Waals surface area contributed by atoms with E-state index >= 15 is 0 Å². The zero-order chi connectivity index (χ0) is 19.1. The van der Waals surface area contributed by atoms with Crippen molar-refractivity contribution in [1.29, 1.82) is 0 Å². The summed E-state index contributed by atoms with van der Waals surface area (Å²) in [4.78, 5) is 12.7. The molecule has 0 aliphatic rings. The van der Waals surface area contributed by atoms with Crippen LogP contribution in [0.4, 0.5) is 5.69 Å². The molecule has 0 aromatic heterocycles. The average molecular weight is 357 g/mol. The van der Waals surface area contributed by atoms with E-state index in [9.17, 15) is 4.79 Å². The standard InChI is InChI=1S/C21H27NO4/c1-14(2)12-26-13-17-11-16(7-9-19(17)24-4)21(23)22-18-10-15(3)6-8-20(18)25-5/h6-11,14H,12-13H2,1-5H3,(H,22,23). The molecular formula is C21H27NO4. The number of methoxy groups -OCH3 is 2. The van der Waals surface area contributed by atoms with Gasteiger partial charge in [-0.15, -0.1) is 0 Å². The lowest BCUT2D eigenvalue weighted by atomic mass is 10.1. The Morgan fingerprint density at radius 1 is 1.04 bits per heavy atom. The number of benzene rings is 2. The number of hydrogen-bond donors (Lipinski definition) is 1. The van der Waals surface area contributed by atoms with Crippen molar-refractivity contribution in [2.75, 3.05) is 26.1 Å². The van der Waals surface area contributed by atoms with Crippen LogP contribution in [-0.2, 0) is 11.3 Å². The van der Waals surface area contributed by atoms with Crippen LogP contribution in [0.1, 0.15) is 35.3 Å². The number of rotatable bonds is 8. The van der Waals surface area contributed by atoms with Gasteiger partial charge in [0.25, 0.3) is 5.91 Å². The molecule has 26 heavy (non-hydrogen) atoms. The molecule has 1 amide bonds. The molecule has 1 N–H and O–H groups in total. The van der Waals surface area contributed by atoms with E-state index in [0.717, 1.165) is 11.1 Å². The lowest BCUT2D eigenvalue weighted by Gasteiger charge is -2.14. The summed E-state index contributed by atoms with van der Waals surface area (Å²) in [5.41, 5.74) is 3.07. The Bertz CT molecular complexity index is 756. The van der Waals surface area contributed by atoms with E-state index in [0.29, 0.717) is 41.9 Å². The van der Waals surface area contributed by atoms with Crippen LogP contribution in [0.15, 0.2) is 36.4 Å². The third-order valence-electron chi connectivity index (χ3n) is 3.85. The molecule has 0 saturated heterocycles. The summed E-state index contributed by atoms with van der Waals surface area (Å²) in [7, 11) is 3.19. The van der Waals surface area contributed by atoms with Gasteiger partial charge in [-0.3, -0.25) is 4.79 Å². The SMILES string of the molecule is COc1ccc(C(=O)Nc2cc(C)ccc2OC)cc1COCC(C)C. The normalized spacial score (nSPS) is 10.7. The highest BCUT2D eigenvalue weighted by Gasteiger charge is 2.13. The zero-order valence-electron chi connectivity index (χ0n) is 16.1. The van der Waals surface area contributed by atoms with Gasteiger partial charge in [0.05, 0.1) is 26.5 Å². The Morgan fingerprint density at radius 2 is 1.73 bits per heavy atom. The first-order valence-electron chi connectivity index (χ1n) is 8.65. The maximum atomic E-state index is 12.7. The molecule has 2 rings (SSSR count). The van der Waals surface area contributed by atoms with E-state index in [2.05, 4.69) is 19.2 Å². The van der Waals surface area contributed by atoms with Crippen LogP contribution in [0.5, 0.6) is 11.5 Å². The second kappa shape index (κ2) is 9.25. The van der Waals surface area contributed by atoms with Crippen molar-refractivity contribution in [3.05, 3.63) is 53.1 Å². The van der Waals surface area contributed by atoms with Gasteiger partial charge in [-0.1, -0.05) is 19.9 Å². The second-order valence-corrected chi connectivity index (χ2v) is 6.59. The minimum Gasteiger partial charge on any atom is -0.496 e. The van der Waals surface area contributed by atoms with E-state index < -0.39 is 0 Å². The average Bonchev–Trinajstić information content (AvgIpc) is 2.61. The highest BCUT2D eigenvalue weighted by Crippen LogP contribution is 2.27. The predicted molar refractivity (Wildman–Crippen MR) is 103 cm³/mol. The number of carbonyl (C=O) groups is 1. The molecule has 0 fully saturated rings. The van der Waals surface area contributed by atoms with Crippen LogP contribution < -0.4 is 14.8 Å². The smallest absolute Gasteiger partial charge is 0.255 e. The summed E-state index contributed by atoms with van der Waals surface area (Å²) >= 11 is 0. The number of aryl methyl sites for hydroxylation is 1. The highest BCUT2D eigenvalue weighted by molar-refractivity contribution is 6.05. The highest BCUT2D eigenvalue weighted by atomic mass is 16.5. The van der Waals surface area contributed by atoms with Crippen LogP contribution in [0.25, 0.3) is 0 Å². The molecule has 0 unspecified atom stereocenters. The first kappa shape index (κ1) is 19.8. The van der Waals surface area contributed by atoms with Crippen LogP contribution in [0, 0.1) is 12.8 Å². The van der Waals surface area contributed by atoms with Crippen molar-refractivity contribution in [3.8, 4) is 11.5 Å². The van der Waals surface area contributed by atoms with Crippen LogP contribution >= 0.6 is 0 Å². The molecule has 0 aliphatic carbocycles. The van der Waals surface area contributed by atoms with Crippen molar-refractivity contribution < 1.29 is 19.0 Å². The van der Waals surface area contributed by atoms with Crippen LogP contribution in [0.2, 0.25) is 0 Å². The molecule has 0 bridgehead atoms.